The van der Waals surface area contributed by atoms with Crippen LogP contribution in [-0.2, 0) is 6.54 Å². The Morgan fingerprint density at radius 1 is 0.962 bits per heavy atom. The normalized spacial score (nSPS) is 10.6. The summed E-state index contributed by atoms with van der Waals surface area (Å²) >= 11 is 0. The number of pyridine rings is 1. The van der Waals surface area contributed by atoms with Crippen molar-refractivity contribution in [1.82, 2.24) is 15.6 Å². The molecule has 26 heavy (non-hydrogen) atoms. The minimum Gasteiger partial charge on any atom is -0.355 e. The fourth-order valence-corrected chi connectivity index (χ4v) is 2.82. The molecule has 5 nitrogen and oxygen atoms in total. The predicted octanol–water partition coefficient (Wildman–Crippen LogP) is 3.14. The smallest absolute Gasteiger partial charge is 0.253 e. The van der Waals surface area contributed by atoms with E-state index in [-0.39, 0.29) is 11.8 Å². The molecule has 0 spiro atoms. The quantitative estimate of drug-likeness (QED) is 0.762. The third kappa shape index (κ3) is 3.72. The number of nitrogens with zero attached hydrogens (tertiary/aromatic N) is 1. The Morgan fingerprint density at radius 3 is 2.38 bits per heavy atom. The van der Waals surface area contributed by atoms with Crippen molar-refractivity contribution in [2.24, 2.45) is 0 Å². The van der Waals surface area contributed by atoms with Gasteiger partial charge in [0.05, 0.1) is 16.8 Å². The minimum absolute atomic E-state index is 0.131. The van der Waals surface area contributed by atoms with E-state index in [1.54, 1.807) is 19.2 Å². The molecule has 0 saturated heterocycles. The Morgan fingerprint density at radius 2 is 1.69 bits per heavy atom. The average molecular weight is 347 g/mol. The van der Waals surface area contributed by atoms with Crippen molar-refractivity contribution in [1.29, 1.82) is 0 Å². The van der Waals surface area contributed by atoms with Crippen LogP contribution >= 0.6 is 0 Å². The van der Waals surface area contributed by atoms with Crippen molar-refractivity contribution in [3.05, 3.63) is 76.5 Å². The zero-order valence-corrected chi connectivity index (χ0v) is 15.1. The summed E-state index contributed by atoms with van der Waals surface area (Å²) in [5, 5.41) is 6.45. The maximum Gasteiger partial charge on any atom is 0.253 e. The zero-order chi connectivity index (χ0) is 18.7. The number of aromatic nitrogens is 1. The first-order valence-electron chi connectivity index (χ1n) is 8.45. The number of fused-ring (bicyclic) bond motifs is 1. The van der Waals surface area contributed by atoms with Gasteiger partial charge in [0.25, 0.3) is 11.8 Å². The first-order valence-corrected chi connectivity index (χ1v) is 8.45. The summed E-state index contributed by atoms with van der Waals surface area (Å²) < 4.78 is 0. The first kappa shape index (κ1) is 17.6. The Bertz CT molecular complexity index is 978. The van der Waals surface area contributed by atoms with Crippen LogP contribution in [0.5, 0.6) is 0 Å². The van der Waals surface area contributed by atoms with E-state index in [0.29, 0.717) is 23.4 Å². The van der Waals surface area contributed by atoms with E-state index in [1.807, 2.05) is 50.2 Å². The van der Waals surface area contributed by atoms with E-state index in [4.69, 9.17) is 0 Å². The molecule has 0 atom stereocenters. The molecule has 3 rings (SSSR count). The molecule has 0 bridgehead atoms. The number of rotatable bonds is 4. The summed E-state index contributed by atoms with van der Waals surface area (Å²) in [5.74, 6) is -0.289. The van der Waals surface area contributed by atoms with Gasteiger partial charge in [-0.15, -0.1) is 0 Å². The molecule has 0 aliphatic heterocycles. The van der Waals surface area contributed by atoms with Gasteiger partial charge in [-0.05, 0) is 49.7 Å². The Hall–Kier alpha value is -3.21. The van der Waals surface area contributed by atoms with Crippen LogP contribution < -0.4 is 10.6 Å². The van der Waals surface area contributed by atoms with Crippen LogP contribution in [0.15, 0.2) is 48.5 Å². The molecular weight excluding hydrogens is 326 g/mol. The largest absolute Gasteiger partial charge is 0.355 e. The van der Waals surface area contributed by atoms with E-state index < -0.39 is 0 Å². The topological polar surface area (TPSA) is 71.1 Å². The summed E-state index contributed by atoms with van der Waals surface area (Å²) in [7, 11) is 1.60. The van der Waals surface area contributed by atoms with Crippen molar-refractivity contribution in [2.75, 3.05) is 7.05 Å². The number of benzene rings is 2. The standard InChI is InChI=1S/C21H21N3O2/c1-13-4-9-19-17(10-13)11-18(14(2)24-19)21(26)23-12-15-5-7-16(8-6-15)20(25)22-3/h4-11H,12H2,1-3H3,(H,22,25)(H,23,26). The fourth-order valence-electron chi connectivity index (χ4n) is 2.82. The highest BCUT2D eigenvalue weighted by atomic mass is 16.2. The van der Waals surface area contributed by atoms with E-state index >= 15 is 0 Å². The maximum atomic E-state index is 12.6. The lowest BCUT2D eigenvalue weighted by molar-refractivity contribution is 0.0945. The highest BCUT2D eigenvalue weighted by Gasteiger charge is 2.12. The highest BCUT2D eigenvalue weighted by Crippen LogP contribution is 2.18. The lowest BCUT2D eigenvalue weighted by Gasteiger charge is -2.10. The van der Waals surface area contributed by atoms with Crippen LogP contribution in [0.4, 0.5) is 0 Å². The summed E-state index contributed by atoms with van der Waals surface area (Å²) in [6, 6.07) is 15.0. The molecule has 0 aliphatic rings. The molecule has 0 radical (unpaired) electrons. The maximum absolute atomic E-state index is 12.6. The highest BCUT2D eigenvalue weighted by molar-refractivity contribution is 5.98. The van der Waals surface area contributed by atoms with Gasteiger partial charge in [-0.2, -0.15) is 0 Å². The predicted molar refractivity (Wildman–Crippen MR) is 102 cm³/mol. The number of carbonyl (C=O) groups is 2. The van der Waals surface area contributed by atoms with Gasteiger partial charge in [0.1, 0.15) is 0 Å². The molecule has 2 aromatic carbocycles. The SMILES string of the molecule is CNC(=O)c1ccc(CNC(=O)c2cc3cc(C)ccc3nc2C)cc1. The molecule has 5 heteroatoms. The van der Waals surface area contributed by atoms with E-state index in [1.165, 1.54) is 0 Å². The summed E-state index contributed by atoms with van der Waals surface area (Å²) in [6.45, 7) is 4.24. The van der Waals surface area contributed by atoms with E-state index in [0.717, 1.165) is 22.0 Å². The first-order chi connectivity index (χ1) is 12.5. The van der Waals surface area contributed by atoms with Gasteiger partial charge in [-0.3, -0.25) is 14.6 Å². The van der Waals surface area contributed by atoms with Crippen molar-refractivity contribution in [3.63, 3.8) is 0 Å². The summed E-state index contributed by atoms with van der Waals surface area (Å²) in [5.41, 5.74) is 4.81. The van der Waals surface area contributed by atoms with Crippen molar-refractivity contribution < 1.29 is 9.59 Å². The monoisotopic (exact) mass is 347 g/mol. The van der Waals surface area contributed by atoms with E-state index in [9.17, 15) is 9.59 Å². The summed E-state index contributed by atoms with van der Waals surface area (Å²) in [4.78, 5) is 28.7. The van der Waals surface area contributed by atoms with Crippen LogP contribution in [0, 0.1) is 13.8 Å². The molecule has 1 heterocycles. The molecule has 2 amide bonds. The number of hydrogen-bond acceptors (Lipinski definition) is 3. The second kappa shape index (κ2) is 7.35. The van der Waals surface area contributed by atoms with Crippen LogP contribution in [0.1, 0.15) is 37.5 Å². The zero-order valence-electron chi connectivity index (χ0n) is 15.1. The molecule has 0 unspecified atom stereocenters. The molecule has 3 aromatic rings. The van der Waals surface area contributed by atoms with E-state index in [2.05, 4.69) is 15.6 Å². The van der Waals surface area contributed by atoms with Crippen molar-refractivity contribution in [3.8, 4) is 0 Å². The molecule has 0 saturated carbocycles. The molecule has 132 valence electrons. The molecule has 0 aliphatic carbocycles. The third-order valence-electron chi connectivity index (χ3n) is 4.30. The third-order valence-corrected chi connectivity index (χ3v) is 4.30. The fraction of sp³-hybridized carbons (Fsp3) is 0.190. The number of amides is 2. The summed E-state index contributed by atoms with van der Waals surface area (Å²) in [6.07, 6.45) is 0. The van der Waals surface area contributed by atoms with Gasteiger partial charge in [0, 0.05) is 24.5 Å². The Labute approximate surface area is 152 Å². The lowest BCUT2D eigenvalue weighted by Crippen LogP contribution is -2.24. The lowest BCUT2D eigenvalue weighted by atomic mass is 10.1. The van der Waals surface area contributed by atoms with Crippen molar-refractivity contribution >= 4 is 22.7 Å². The minimum atomic E-state index is -0.159. The van der Waals surface area contributed by atoms with Gasteiger partial charge >= 0.3 is 0 Å². The number of aryl methyl sites for hydroxylation is 2. The number of hydrogen-bond donors (Lipinski definition) is 2. The van der Waals surface area contributed by atoms with Crippen LogP contribution in [0.2, 0.25) is 0 Å². The van der Waals surface area contributed by atoms with Gasteiger partial charge in [-0.1, -0.05) is 23.8 Å². The average Bonchev–Trinajstić information content (AvgIpc) is 2.65. The second-order valence-corrected chi connectivity index (χ2v) is 6.28. The van der Waals surface area contributed by atoms with Crippen molar-refractivity contribution in [2.45, 2.75) is 20.4 Å². The molecular formula is C21H21N3O2. The second-order valence-electron chi connectivity index (χ2n) is 6.28. The van der Waals surface area contributed by atoms with Crippen LogP contribution in [0.25, 0.3) is 10.9 Å². The Kier molecular flexibility index (Phi) is 4.98. The van der Waals surface area contributed by atoms with Gasteiger partial charge in [-0.25, -0.2) is 0 Å². The molecule has 1 aromatic heterocycles. The molecule has 0 fully saturated rings. The number of nitrogens with one attached hydrogen (secondary N) is 2. The van der Waals surface area contributed by atoms with Gasteiger partial charge in [0.15, 0.2) is 0 Å². The van der Waals surface area contributed by atoms with Gasteiger partial charge in [0.2, 0.25) is 0 Å². The molecule has 2 N–H and O–H groups in total. The van der Waals surface area contributed by atoms with Gasteiger partial charge < -0.3 is 10.6 Å². The number of carbonyl (C=O) groups excluding carboxylic acids is 2. The van der Waals surface area contributed by atoms with Crippen LogP contribution in [0.3, 0.4) is 0 Å². The van der Waals surface area contributed by atoms with Crippen LogP contribution in [-0.4, -0.2) is 23.8 Å². The Balaban J connectivity index is 1.74.